The molecule has 0 atom stereocenters. The van der Waals surface area contributed by atoms with Gasteiger partial charge in [-0.25, -0.2) is 13.6 Å². The molecule has 2 rings (SSSR count). The molecule has 6 nitrogen and oxygen atoms in total. The van der Waals surface area contributed by atoms with Gasteiger partial charge in [0.25, 0.3) is 6.43 Å². The minimum Gasteiger partial charge on any atom is -0.481 e. The zero-order valence-corrected chi connectivity index (χ0v) is 14.0. The molecule has 0 radical (unpaired) electrons. The number of amides is 2. The van der Waals surface area contributed by atoms with Crippen molar-refractivity contribution >= 4 is 35.1 Å². The van der Waals surface area contributed by atoms with Crippen LogP contribution in [-0.2, 0) is 4.79 Å². The summed E-state index contributed by atoms with van der Waals surface area (Å²) in [5.74, 6) is -0.244. The van der Waals surface area contributed by atoms with Crippen LogP contribution in [0, 0.1) is 0 Å². The molecule has 0 saturated heterocycles. The summed E-state index contributed by atoms with van der Waals surface area (Å²) in [6.07, 6.45) is -2.58. The molecule has 0 spiro atoms. The summed E-state index contributed by atoms with van der Waals surface area (Å²) in [6.45, 7) is 0.265. The van der Waals surface area contributed by atoms with E-state index in [9.17, 15) is 18.4 Å². The Kier molecular flexibility index (Phi) is 6.24. The number of alkyl halides is 2. The number of hydrogen-bond donors (Lipinski definition) is 2. The molecule has 1 aromatic rings. The highest BCUT2D eigenvalue weighted by Gasteiger charge is 2.21. The van der Waals surface area contributed by atoms with E-state index in [1.807, 2.05) is 0 Å². The molecule has 132 valence electrons. The van der Waals surface area contributed by atoms with Gasteiger partial charge in [0, 0.05) is 36.5 Å². The Balaban J connectivity index is 2.06. The SMILES string of the molecule is CN(CCC(=O)O)C(=O)Nc1ccc2c(c1)N(CC(F)F)CCS2. The third kappa shape index (κ3) is 4.98. The van der Waals surface area contributed by atoms with Gasteiger partial charge in [0.05, 0.1) is 18.7 Å². The van der Waals surface area contributed by atoms with Gasteiger partial charge in [-0.1, -0.05) is 0 Å². The van der Waals surface area contributed by atoms with Gasteiger partial charge in [0.15, 0.2) is 0 Å². The predicted octanol–water partition coefficient (Wildman–Crippen LogP) is 2.80. The van der Waals surface area contributed by atoms with Gasteiger partial charge in [0.1, 0.15) is 0 Å². The number of rotatable bonds is 6. The Morgan fingerprint density at radius 2 is 2.21 bits per heavy atom. The summed E-state index contributed by atoms with van der Waals surface area (Å²) >= 11 is 1.59. The van der Waals surface area contributed by atoms with E-state index in [2.05, 4.69) is 5.32 Å². The lowest BCUT2D eigenvalue weighted by Gasteiger charge is -2.31. The van der Waals surface area contributed by atoms with Crippen molar-refractivity contribution in [1.29, 1.82) is 0 Å². The second-order valence-electron chi connectivity index (χ2n) is 5.36. The van der Waals surface area contributed by atoms with E-state index in [0.717, 1.165) is 10.6 Å². The molecule has 1 aromatic carbocycles. The number of anilines is 2. The van der Waals surface area contributed by atoms with Crippen molar-refractivity contribution in [2.45, 2.75) is 17.7 Å². The molecule has 1 aliphatic rings. The van der Waals surface area contributed by atoms with Crippen LogP contribution in [0.3, 0.4) is 0 Å². The molecular weight excluding hydrogens is 340 g/mol. The molecule has 0 fully saturated rings. The molecule has 1 heterocycles. The maximum Gasteiger partial charge on any atom is 0.321 e. The van der Waals surface area contributed by atoms with E-state index in [4.69, 9.17) is 5.11 Å². The average Bonchev–Trinajstić information content (AvgIpc) is 2.52. The standard InChI is InChI=1S/C15H19F2N3O3S/c1-19(5-4-14(21)22)15(23)18-10-2-3-12-11(8-10)20(6-7-24-12)9-13(16)17/h2-3,8,13H,4-7,9H2,1H3,(H,18,23)(H,21,22). The van der Waals surface area contributed by atoms with E-state index in [-0.39, 0.29) is 19.5 Å². The van der Waals surface area contributed by atoms with E-state index in [1.165, 1.54) is 11.9 Å². The number of thioether (sulfide) groups is 1. The number of carbonyl (C=O) groups excluding carboxylic acids is 1. The van der Waals surface area contributed by atoms with Crippen LogP contribution in [0.2, 0.25) is 0 Å². The summed E-state index contributed by atoms with van der Waals surface area (Å²) in [6, 6.07) is 4.73. The van der Waals surface area contributed by atoms with E-state index in [0.29, 0.717) is 17.9 Å². The van der Waals surface area contributed by atoms with Crippen LogP contribution >= 0.6 is 11.8 Å². The largest absolute Gasteiger partial charge is 0.481 e. The smallest absolute Gasteiger partial charge is 0.321 e. The minimum absolute atomic E-state index is 0.0828. The fourth-order valence-corrected chi connectivity index (χ4v) is 3.32. The first-order chi connectivity index (χ1) is 11.4. The third-order valence-electron chi connectivity index (χ3n) is 3.54. The van der Waals surface area contributed by atoms with E-state index < -0.39 is 18.4 Å². The Bertz CT molecular complexity index is 616. The number of hydrogen-bond acceptors (Lipinski definition) is 4. The zero-order valence-electron chi connectivity index (χ0n) is 13.2. The van der Waals surface area contributed by atoms with E-state index in [1.54, 1.807) is 34.9 Å². The zero-order chi connectivity index (χ0) is 17.7. The van der Waals surface area contributed by atoms with Crippen molar-refractivity contribution in [3.05, 3.63) is 18.2 Å². The lowest BCUT2D eigenvalue weighted by molar-refractivity contribution is -0.137. The van der Waals surface area contributed by atoms with E-state index >= 15 is 0 Å². The second kappa shape index (κ2) is 8.18. The summed E-state index contributed by atoms with van der Waals surface area (Å²) in [5, 5.41) is 11.3. The third-order valence-corrected chi connectivity index (χ3v) is 4.58. The first-order valence-corrected chi connectivity index (χ1v) is 8.39. The Morgan fingerprint density at radius 3 is 2.88 bits per heavy atom. The normalized spacial score (nSPS) is 13.6. The average molecular weight is 359 g/mol. The number of aliphatic carboxylic acids is 1. The first-order valence-electron chi connectivity index (χ1n) is 7.40. The summed E-state index contributed by atoms with van der Waals surface area (Å²) in [7, 11) is 1.50. The highest BCUT2D eigenvalue weighted by Crippen LogP contribution is 2.36. The van der Waals surface area contributed by atoms with Crippen LogP contribution in [0.4, 0.5) is 25.0 Å². The molecule has 24 heavy (non-hydrogen) atoms. The van der Waals surface area contributed by atoms with Crippen LogP contribution in [0.1, 0.15) is 6.42 Å². The van der Waals surface area contributed by atoms with Crippen molar-refractivity contribution < 1.29 is 23.5 Å². The Hall–Kier alpha value is -2.03. The highest BCUT2D eigenvalue weighted by atomic mass is 32.2. The van der Waals surface area contributed by atoms with Crippen molar-refractivity contribution in [3.8, 4) is 0 Å². The van der Waals surface area contributed by atoms with Crippen molar-refractivity contribution in [3.63, 3.8) is 0 Å². The first kappa shape index (κ1) is 18.3. The topological polar surface area (TPSA) is 72.9 Å². The van der Waals surface area contributed by atoms with Crippen LogP contribution in [0.25, 0.3) is 0 Å². The molecule has 0 aromatic heterocycles. The summed E-state index contributed by atoms with van der Waals surface area (Å²) in [5.41, 5.74) is 1.17. The van der Waals surface area contributed by atoms with Crippen LogP contribution in [0.5, 0.6) is 0 Å². The maximum absolute atomic E-state index is 12.7. The lowest BCUT2D eigenvalue weighted by Crippen LogP contribution is -2.34. The minimum atomic E-state index is -2.43. The van der Waals surface area contributed by atoms with Gasteiger partial charge < -0.3 is 20.2 Å². The molecule has 0 bridgehead atoms. The van der Waals surface area contributed by atoms with Crippen molar-refractivity contribution in [1.82, 2.24) is 4.90 Å². The maximum atomic E-state index is 12.7. The highest BCUT2D eigenvalue weighted by molar-refractivity contribution is 7.99. The fourth-order valence-electron chi connectivity index (χ4n) is 2.29. The van der Waals surface area contributed by atoms with Crippen LogP contribution < -0.4 is 10.2 Å². The number of nitrogens with zero attached hydrogens (tertiary/aromatic N) is 2. The van der Waals surface area contributed by atoms with Gasteiger partial charge in [-0.15, -0.1) is 11.8 Å². The monoisotopic (exact) mass is 359 g/mol. The summed E-state index contributed by atoms with van der Waals surface area (Å²) < 4.78 is 25.4. The van der Waals surface area contributed by atoms with Gasteiger partial charge in [-0.05, 0) is 18.2 Å². The van der Waals surface area contributed by atoms with Gasteiger partial charge in [0.2, 0.25) is 0 Å². The number of carbonyl (C=O) groups is 2. The van der Waals surface area contributed by atoms with Gasteiger partial charge in [-0.2, -0.15) is 0 Å². The predicted molar refractivity (Wildman–Crippen MR) is 89.3 cm³/mol. The molecule has 1 aliphatic heterocycles. The molecule has 0 saturated carbocycles. The molecule has 2 amide bonds. The molecular formula is C15H19F2N3O3S. The Morgan fingerprint density at radius 1 is 1.46 bits per heavy atom. The van der Waals surface area contributed by atoms with Crippen LogP contribution in [0.15, 0.2) is 23.1 Å². The quantitative estimate of drug-likeness (QED) is 0.817. The fraction of sp³-hybridized carbons (Fsp3) is 0.467. The number of carboxylic acids is 1. The number of fused-ring (bicyclic) bond motifs is 1. The van der Waals surface area contributed by atoms with Crippen molar-refractivity contribution in [2.75, 3.05) is 42.7 Å². The van der Waals surface area contributed by atoms with Crippen LogP contribution in [-0.4, -0.2) is 60.9 Å². The number of halogens is 2. The molecule has 9 heteroatoms. The second-order valence-corrected chi connectivity index (χ2v) is 6.50. The van der Waals surface area contributed by atoms with Crippen molar-refractivity contribution in [2.24, 2.45) is 0 Å². The van der Waals surface area contributed by atoms with Gasteiger partial charge in [-0.3, -0.25) is 4.79 Å². The number of benzene rings is 1. The molecule has 0 unspecified atom stereocenters. The number of nitrogens with one attached hydrogen (secondary N) is 1. The molecule has 2 N–H and O–H groups in total. The number of carboxylic acid groups (broad SMARTS) is 1. The lowest BCUT2D eigenvalue weighted by atomic mass is 10.2. The summed E-state index contributed by atoms with van der Waals surface area (Å²) in [4.78, 5) is 26.4. The van der Waals surface area contributed by atoms with Gasteiger partial charge >= 0.3 is 12.0 Å². The molecule has 0 aliphatic carbocycles. The Labute approximate surface area is 142 Å². The number of urea groups is 1.